The highest BCUT2D eigenvalue weighted by atomic mass is 32.1. The normalized spacial score (nSPS) is 16.1. The zero-order valence-electron chi connectivity index (χ0n) is 14.9. The monoisotopic (exact) mass is 394 g/mol. The number of nitrogens with zero attached hydrogens (tertiary/aromatic N) is 3. The van der Waals surface area contributed by atoms with Gasteiger partial charge in [0.25, 0.3) is 5.91 Å². The van der Waals surface area contributed by atoms with Gasteiger partial charge in [0.05, 0.1) is 5.69 Å². The second-order valence-electron chi connectivity index (χ2n) is 6.45. The van der Waals surface area contributed by atoms with Crippen molar-refractivity contribution in [1.29, 1.82) is 0 Å². The summed E-state index contributed by atoms with van der Waals surface area (Å²) in [6.45, 7) is 0.478. The minimum absolute atomic E-state index is 0.243. The van der Waals surface area contributed by atoms with Crippen LogP contribution >= 0.6 is 11.3 Å². The van der Waals surface area contributed by atoms with Crippen molar-refractivity contribution in [3.05, 3.63) is 59.6 Å². The van der Waals surface area contributed by atoms with E-state index in [1.807, 2.05) is 35.7 Å². The summed E-state index contributed by atoms with van der Waals surface area (Å²) in [5.41, 5.74) is 2.17. The number of nitrogens with one attached hydrogen (secondary N) is 1. The zero-order chi connectivity index (χ0) is 19.5. The number of carboxylic acids is 1. The second-order valence-corrected chi connectivity index (χ2v) is 7.31. The number of hydrogen-bond donors (Lipinski definition) is 2. The van der Waals surface area contributed by atoms with E-state index in [4.69, 9.17) is 0 Å². The fourth-order valence-electron chi connectivity index (χ4n) is 3.23. The molecule has 1 aliphatic heterocycles. The van der Waals surface area contributed by atoms with Gasteiger partial charge in [0.1, 0.15) is 11.9 Å². The Hall–Kier alpha value is -3.26. The Morgan fingerprint density at radius 3 is 2.71 bits per heavy atom. The number of thiazole rings is 1. The van der Waals surface area contributed by atoms with Crippen molar-refractivity contribution in [2.45, 2.75) is 18.9 Å². The predicted molar refractivity (Wildman–Crippen MR) is 107 cm³/mol. The Bertz CT molecular complexity index is 988. The molecule has 1 atom stereocenters. The van der Waals surface area contributed by atoms with Gasteiger partial charge in [-0.3, -0.25) is 4.79 Å². The van der Waals surface area contributed by atoms with Crippen LogP contribution < -0.4 is 5.32 Å². The maximum absolute atomic E-state index is 12.6. The Kier molecular flexibility index (Phi) is 5.03. The van der Waals surface area contributed by atoms with E-state index in [1.165, 1.54) is 16.2 Å². The molecule has 8 heteroatoms. The molecule has 3 heterocycles. The summed E-state index contributed by atoms with van der Waals surface area (Å²) in [5.74, 6) is -0.465. The molecule has 7 nitrogen and oxygen atoms in total. The molecule has 1 amide bonds. The van der Waals surface area contributed by atoms with Crippen molar-refractivity contribution in [1.82, 2.24) is 14.9 Å². The van der Waals surface area contributed by atoms with Crippen LogP contribution in [0.2, 0.25) is 0 Å². The average Bonchev–Trinajstić information content (AvgIpc) is 3.38. The van der Waals surface area contributed by atoms with Gasteiger partial charge in [-0.15, -0.1) is 11.3 Å². The number of carboxylic acid groups (broad SMARTS) is 1. The van der Waals surface area contributed by atoms with E-state index in [9.17, 15) is 14.7 Å². The molecule has 1 fully saturated rings. The number of amides is 1. The largest absolute Gasteiger partial charge is 0.480 e. The maximum atomic E-state index is 12.6. The van der Waals surface area contributed by atoms with Gasteiger partial charge >= 0.3 is 5.97 Å². The van der Waals surface area contributed by atoms with Crippen LogP contribution in [0.15, 0.2) is 54.0 Å². The van der Waals surface area contributed by atoms with Crippen LogP contribution in [-0.2, 0) is 4.79 Å². The van der Waals surface area contributed by atoms with Gasteiger partial charge in [-0.2, -0.15) is 0 Å². The van der Waals surface area contributed by atoms with Crippen molar-refractivity contribution in [2.75, 3.05) is 11.9 Å². The summed E-state index contributed by atoms with van der Waals surface area (Å²) >= 11 is 1.47. The molecular weight excluding hydrogens is 376 g/mol. The lowest BCUT2D eigenvalue weighted by atomic mass is 10.1. The molecule has 0 unspecified atom stereocenters. The standard InChI is InChI=1S/C20H18N4O3S/c25-18(24-11-3-4-16(24)19(26)27)14-8-6-13(7-9-14)15-12-28-20(22-15)23-17-5-1-2-10-21-17/h1-2,5-10,12,16H,3-4,11H2,(H,26,27)(H,21,22,23)/t16-/m0/s1. The summed E-state index contributed by atoms with van der Waals surface area (Å²) in [7, 11) is 0. The van der Waals surface area contributed by atoms with E-state index in [0.29, 0.717) is 24.9 Å². The number of pyridine rings is 1. The lowest BCUT2D eigenvalue weighted by molar-refractivity contribution is -0.141. The molecule has 0 spiro atoms. The lowest BCUT2D eigenvalue weighted by Crippen LogP contribution is -2.40. The quantitative estimate of drug-likeness (QED) is 0.686. The first-order valence-corrected chi connectivity index (χ1v) is 9.77. The maximum Gasteiger partial charge on any atom is 0.326 e. The zero-order valence-corrected chi connectivity index (χ0v) is 15.7. The first kappa shape index (κ1) is 18.1. The second kappa shape index (κ2) is 7.77. The van der Waals surface area contributed by atoms with Crippen LogP contribution in [-0.4, -0.2) is 44.4 Å². The number of aliphatic carboxylic acids is 1. The minimum Gasteiger partial charge on any atom is -0.480 e. The van der Waals surface area contributed by atoms with Gasteiger partial charge < -0.3 is 15.3 Å². The van der Waals surface area contributed by atoms with Crippen LogP contribution in [0.25, 0.3) is 11.3 Å². The number of hydrogen-bond acceptors (Lipinski definition) is 6. The van der Waals surface area contributed by atoms with E-state index in [0.717, 1.165) is 22.2 Å². The Morgan fingerprint density at radius 2 is 2.00 bits per heavy atom. The summed E-state index contributed by atoms with van der Waals surface area (Å²) in [5, 5.41) is 15.1. The molecule has 28 heavy (non-hydrogen) atoms. The first-order chi connectivity index (χ1) is 13.6. The SMILES string of the molecule is O=C(O)[C@@H]1CCCN1C(=O)c1ccc(-c2csc(Nc3ccccn3)n2)cc1. The number of carbonyl (C=O) groups is 2. The molecule has 2 N–H and O–H groups in total. The van der Waals surface area contributed by atoms with Gasteiger partial charge in [-0.1, -0.05) is 18.2 Å². The lowest BCUT2D eigenvalue weighted by Gasteiger charge is -2.21. The van der Waals surface area contributed by atoms with Gasteiger partial charge in [0, 0.05) is 29.2 Å². The van der Waals surface area contributed by atoms with E-state index in [1.54, 1.807) is 18.3 Å². The van der Waals surface area contributed by atoms with Gasteiger partial charge in [0.2, 0.25) is 0 Å². The van der Waals surface area contributed by atoms with Crippen LogP contribution in [0.5, 0.6) is 0 Å². The van der Waals surface area contributed by atoms with Gasteiger partial charge in [-0.25, -0.2) is 14.8 Å². The molecule has 0 saturated carbocycles. The highest BCUT2D eigenvalue weighted by Gasteiger charge is 2.34. The molecule has 1 aromatic carbocycles. The van der Waals surface area contributed by atoms with Gasteiger partial charge in [-0.05, 0) is 37.1 Å². The number of rotatable bonds is 5. The van der Waals surface area contributed by atoms with Crippen LogP contribution in [0, 0.1) is 0 Å². The van der Waals surface area contributed by atoms with E-state index in [-0.39, 0.29) is 5.91 Å². The molecular formula is C20H18N4O3S. The number of likely N-dealkylation sites (tertiary alicyclic amines) is 1. The van der Waals surface area contributed by atoms with E-state index >= 15 is 0 Å². The van der Waals surface area contributed by atoms with E-state index in [2.05, 4.69) is 15.3 Å². The molecule has 0 aliphatic carbocycles. The molecule has 0 bridgehead atoms. The van der Waals surface area contributed by atoms with Gasteiger partial charge in [0.15, 0.2) is 5.13 Å². The Labute approximate surface area is 165 Å². The summed E-state index contributed by atoms with van der Waals surface area (Å²) in [6, 6.07) is 12.0. The minimum atomic E-state index is -0.946. The summed E-state index contributed by atoms with van der Waals surface area (Å²) in [4.78, 5) is 34.2. The Balaban J connectivity index is 1.48. The third-order valence-corrected chi connectivity index (χ3v) is 5.39. The third-order valence-electron chi connectivity index (χ3n) is 4.63. The predicted octanol–water partition coefficient (Wildman–Crippen LogP) is 3.64. The van der Waals surface area contributed by atoms with Crippen molar-refractivity contribution >= 4 is 34.2 Å². The molecule has 0 radical (unpaired) electrons. The number of anilines is 2. The number of carbonyl (C=O) groups excluding carboxylic acids is 1. The van der Waals surface area contributed by atoms with Crippen molar-refractivity contribution in [3.63, 3.8) is 0 Å². The van der Waals surface area contributed by atoms with Crippen LogP contribution in [0.3, 0.4) is 0 Å². The smallest absolute Gasteiger partial charge is 0.326 e. The van der Waals surface area contributed by atoms with Crippen LogP contribution in [0.4, 0.5) is 10.9 Å². The molecule has 2 aromatic heterocycles. The molecule has 4 rings (SSSR count). The average molecular weight is 394 g/mol. The first-order valence-electron chi connectivity index (χ1n) is 8.89. The third kappa shape index (κ3) is 3.72. The van der Waals surface area contributed by atoms with Crippen molar-refractivity contribution < 1.29 is 14.7 Å². The number of aromatic nitrogens is 2. The summed E-state index contributed by atoms with van der Waals surface area (Å²) < 4.78 is 0. The fourth-order valence-corrected chi connectivity index (χ4v) is 3.95. The van der Waals surface area contributed by atoms with Crippen molar-refractivity contribution in [3.8, 4) is 11.3 Å². The van der Waals surface area contributed by atoms with Crippen molar-refractivity contribution in [2.24, 2.45) is 0 Å². The highest BCUT2D eigenvalue weighted by Crippen LogP contribution is 2.27. The van der Waals surface area contributed by atoms with Crippen LogP contribution in [0.1, 0.15) is 23.2 Å². The van der Waals surface area contributed by atoms with E-state index < -0.39 is 12.0 Å². The molecule has 142 valence electrons. The summed E-state index contributed by atoms with van der Waals surface area (Å²) in [6.07, 6.45) is 2.93. The molecule has 1 aliphatic rings. The topological polar surface area (TPSA) is 95.4 Å². The fraction of sp³-hybridized carbons (Fsp3) is 0.200. The Morgan fingerprint density at radius 1 is 1.18 bits per heavy atom. The number of benzene rings is 1. The highest BCUT2D eigenvalue weighted by molar-refractivity contribution is 7.14. The molecule has 1 saturated heterocycles. The molecule has 3 aromatic rings.